The van der Waals surface area contributed by atoms with Crippen molar-refractivity contribution in [2.75, 3.05) is 6.54 Å². The van der Waals surface area contributed by atoms with Crippen LogP contribution in [0.1, 0.15) is 25.7 Å². The Bertz CT molecular complexity index is 153. The second-order valence-electron chi connectivity index (χ2n) is 2.89. The van der Waals surface area contributed by atoms with Gasteiger partial charge in [0.2, 0.25) is 0 Å². The van der Waals surface area contributed by atoms with E-state index in [0.29, 0.717) is 12.5 Å². The summed E-state index contributed by atoms with van der Waals surface area (Å²) in [5.41, 5.74) is 9.69. The van der Waals surface area contributed by atoms with Crippen LogP contribution in [-0.2, 0) is 0 Å². The fourth-order valence-electron chi connectivity index (χ4n) is 1.66. The van der Waals surface area contributed by atoms with Gasteiger partial charge in [0, 0.05) is 6.54 Å². The lowest BCUT2D eigenvalue weighted by atomic mass is 9.99. The van der Waals surface area contributed by atoms with E-state index in [2.05, 4.69) is 12.3 Å². The Kier molecular flexibility index (Phi) is 5.31. The Morgan fingerprint density at radius 3 is 2.36 bits per heavy atom. The molecule has 0 aliphatic heterocycles. The first-order chi connectivity index (χ1) is 4.88. The molecule has 2 N–H and O–H groups in total. The number of hydrogen-bond donors (Lipinski definition) is 1. The minimum Gasteiger partial charge on any atom is -0.326 e. The Balaban J connectivity index is 0.000001000. The number of halogens is 1. The fraction of sp³-hybridized carbons (Fsp3) is 0.667. The topological polar surface area (TPSA) is 26.0 Å². The van der Waals surface area contributed by atoms with Crippen LogP contribution in [0.15, 0.2) is 17.9 Å². The predicted molar refractivity (Wildman–Crippen MR) is 50.9 cm³/mol. The van der Waals surface area contributed by atoms with Crippen molar-refractivity contribution in [1.82, 2.24) is 0 Å². The van der Waals surface area contributed by atoms with Gasteiger partial charge in [-0.15, -0.1) is 18.1 Å². The van der Waals surface area contributed by atoms with E-state index < -0.39 is 0 Å². The van der Waals surface area contributed by atoms with Crippen molar-refractivity contribution in [3.05, 3.63) is 17.9 Å². The van der Waals surface area contributed by atoms with E-state index >= 15 is 0 Å². The molecule has 64 valence electrons. The SMILES string of the molecule is C=C=C(CN)C1CCCC1.Cl. The van der Waals surface area contributed by atoms with E-state index in [1.165, 1.54) is 31.3 Å². The zero-order valence-corrected chi connectivity index (χ0v) is 7.62. The molecular formula is C9H16ClN. The standard InChI is InChI=1S/C9H15N.ClH/c1-2-8(7-10)9-5-3-4-6-9;/h9H,1,3-7,10H2;1H. The van der Waals surface area contributed by atoms with Crippen LogP contribution < -0.4 is 5.73 Å². The average molecular weight is 174 g/mol. The normalized spacial score (nSPS) is 17.2. The van der Waals surface area contributed by atoms with Gasteiger partial charge >= 0.3 is 0 Å². The van der Waals surface area contributed by atoms with Gasteiger partial charge in [0.15, 0.2) is 0 Å². The molecule has 2 heteroatoms. The average Bonchev–Trinajstić information content (AvgIpc) is 2.43. The summed E-state index contributed by atoms with van der Waals surface area (Å²) in [4.78, 5) is 0. The summed E-state index contributed by atoms with van der Waals surface area (Å²) in [6.45, 7) is 4.28. The predicted octanol–water partition coefficient (Wildman–Crippen LogP) is 2.27. The Morgan fingerprint density at radius 1 is 1.45 bits per heavy atom. The van der Waals surface area contributed by atoms with Crippen molar-refractivity contribution in [3.63, 3.8) is 0 Å². The molecule has 1 nitrogen and oxygen atoms in total. The third-order valence-corrected chi connectivity index (χ3v) is 2.29. The van der Waals surface area contributed by atoms with Gasteiger partial charge in [-0.3, -0.25) is 0 Å². The first-order valence-electron chi connectivity index (χ1n) is 3.97. The molecule has 0 radical (unpaired) electrons. The van der Waals surface area contributed by atoms with Crippen molar-refractivity contribution in [1.29, 1.82) is 0 Å². The summed E-state index contributed by atoms with van der Waals surface area (Å²) in [6.07, 6.45) is 5.32. The molecule has 0 heterocycles. The zero-order valence-electron chi connectivity index (χ0n) is 6.81. The van der Waals surface area contributed by atoms with Crippen LogP contribution in [0.4, 0.5) is 0 Å². The minimum absolute atomic E-state index is 0. The molecule has 0 aromatic carbocycles. The number of rotatable bonds is 2. The van der Waals surface area contributed by atoms with Crippen LogP contribution in [0, 0.1) is 5.92 Å². The third-order valence-electron chi connectivity index (χ3n) is 2.29. The minimum atomic E-state index is 0. The van der Waals surface area contributed by atoms with Gasteiger partial charge in [-0.2, -0.15) is 0 Å². The lowest BCUT2D eigenvalue weighted by molar-refractivity contribution is 0.631. The summed E-state index contributed by atoms with van der Waals surface area (Å²) in [7, 11) is 0. The van der Waals surface area contributed by atoms with E-state index in [9.17, 15) is 0 Å². The largest absolute Gasteiger partial charge is 0.326 e. The van der Waals surface area contributed by atoms with E-state index in [-0.39, 0.29) is 12.4 Å². The van der Waals surface area contributed by atoms with E-state index in [1.54, 1.807) is 0 Å². The molecule has 0 amide bonds. The first-order valence-corrected chi connectivity index (χ1v) is 3.97. The van der Waals surface area contributed by atoms with E-state index in [0.717, 1.165) is 0 Å². The molecule has 0 aromatic heterocycles. The zero-order chi connectivity index (χ0) is 7.40. The molecule has 0 saturated heterocycles. The maximum Gasteiger partial charge on any atom is 0.0215 e. The van der Waals surface area contributed by atoms with Crippen LogP contribution in [0.25, 0.3) is 0 Å². The van der Waals surface area contributed by atoms with Crippen LogP contribution in [-0.4, -0.2) is 6.54 Å². The molecule has 1 aliphatic rings. The van der Waals surface area contributed by atoms with Gasteiger partial charge in [-0.05, 0) is 24.3 Å². The molecule has 0 bridgehead atoms. The molecule has 0 unspecified atom stereocenters. The van der Waals surface area contributed by atoms with Crippen molar-refractivity contribution >= 4 is 12.4 Å². The Labute approximate surface area is 74.8 Å². The molecule has 1 saturated carbocycles. The maximum absolute atomic E-state index is 5.52. The highest BCUT2D eigenvalue weighted by Gasteiger charge is 2.17. The second-order valence-corrected chi connectivity index (χ2v) is 2.89. The van der Waals surface area contributed by atoms with Crippen molar-refractivity contribution < 1.29 is 0 Å². The van der Waals surface area contributed by atoms with Gasteiger partial charge < -0.3 is 5.73 Å². The third kappa shape index (κ3) is 2.70. The number of hydrogen-bond acceptors (Lipinski definition) is 1. The molecule has 0 atom stereocenters. The molecule has 1 fully saturated rings. The van der Waals surface area contributed by atoms with Crippen LogP contribution in [0.3, 0.4) is 0 Å². The summed E-state index contributed by atoms with van der Waals surface area (Å²) >= 11 is 0. The first kappa shape index (κ1) is 10.8. The molecule has 0 spiro atoms. The summed E-state index contributed by atoms with van der Waals surface area (Å²) < 4.78 is 0. The van der Waals surface area contributed by atoms with Gasteiger partial charge in [-0.25, -0.2) is 0 Å². The van der Waals surface area contributed by atoms with E-state index in [1.807, 2.05) is 0 Å². The van der Waals surface area contributed by atoms with Gasteiger partial charge in [-0.1, -0.05) is 19.4 Å². The van der Waals surface area contributed by atoms with Gasteiger partial charge in [0.25, 0.3) is 0 Å². The Hall–Kier alpha value is -0.230. The quantitative estimate of drug-likeness (QED) is 0.638. The van der Waals surface area contributed by atoms with Crippen molar-refractivity contribution in [3.8, 4) is 0 Å². The highest BCUT2D eigenvalue weighted by molar-refractivity contribution is 5.85. The fourth-order valence-corrected chi connectivity index (χ4v) is 1.66. The molecule has 1 aliphatic carbocycles. The highest BCUT2D eigenvalue weighted by atomic mass is 35.5. The van der Waals surface area contributed by atoms with Gasteiger partial charge in [0.05, 0.1) is 0 Å². The second kappa shape index (κ2) is 5.42. The highest BCUT2D eigenvalue weighted by Crippen LogP contribution is 2.29. The summed E-state index contributed by atoms with van der Waals surface area (Å²) in [6, 6.07) is 0. The smallest absolute Gasteiger partial charge is 0.0215 e. The van der Waals surface area contributed by atoms with Crippen LogP contribution in [0.5, 0.6) is 0 Å². The molecule has 1 rings (SSSR count). The van der Waals surface area contributed by atoms with E-state index in [4.69, 9.17) is 5.73 Å². The lowest BCUT2D eigenvalue weighted by Gasteiger charge is -2.08. The lowest BCUT2D eigenvalue weighted by Crippen LogP contribution is -2.09. The maximum atomic E-state index is 5.52. The summed E-state index contributed by atoms with van der Waals surface area (Å²) in [5.74, 6) is 0.711. The van der Waals surface area contributed by atoms with Crippen LogP contribution in [0.2, 0.25) is 0 Å². The molecular weight excluding hydrogens is 158 g/mol. The van der Waals surface area contributed by atoms with Gasteiger partial charge in [0.1, 0.15) is 0 Å². The molecule has 0 aromatic rings. The number of nitrogens with two attached hydrogens (primary N) is 1. The monoisotopic (exact) mass is 173 g/mol. The molecule has 11 heavy (non-hydrogen) atoms. The van der Waals surface area contributed by atoms with Crippen molar-refractivity contribution in [2.45, 2.75) is 25.7 Å². The van der Waals surface area contributed by atoms with Crippen LogP contribution >= 0.6 is 12.4 Å². The summed E-state index contributed by atoms with van der Waals surface area (Å²) in [5, 5.41) is 0. The Morgan fingerprint density at radius 2 is 2.00 bits per heavy atom. The van der Waals surface area contributed by atoms with Crippen molar-refractivity contribution in [2.24, 2.45) is 11.7 Å².